The summed E-state index contributed by atoms with van der Waals surface area (Å²) in [6, 6.07) is 4.23. The molecule has 1 aliphatic heterocycles. The first kappa shape index (κ1) is 14.0. The lowest BCUT2D eigenvalue weighted by atomic mass is 10.0. The van der Waals surface area contributed by atoms with Crippen molar-refractivity contribution in [1.29, 1.82) is 0 Å². The molecule has 1 saturated heterocycles. The highest BCUT2D eigenvalue weighted by molar-refractivity contribution is 5.98. The highest BCUT2D eigenvalue weighted by atomic mass is 16.5. The second-order valence-corrected chi connectivity index (χ2v) is 5.17. The molecule has 4 heteroatoms. The molecule has 1 aliphatic rings. The van der Waals surface area contributed by atoms with Crippen molar-refractivity contribution in [3.63, 3.8) is 0 Å². The van der Waals surface area contributed by atoms with Gasteiger partial charge in [-0.25, -0.2) is 0 Å². The van der Waals surface area contributed by atoms with E-state index in [2.05, 4.69) is 32.9 Å². The highest BCUT2D eigenvalue weighted by Gasteiger charge is 2.31. The smallest absolute Gasteiger partial charge is 0.256 e. The zero-order chi connectivity index (χ0) is 14.0. The molecule has 1 heterocycles. The zero-order valence-corrected chi connectivity index (χ0v) is 11.9. The third kappa shape index (κ3) is 2.80. The second-order valence-electron chi connectivity index (χ2n) is 5.17. The Kier molecular flexibility index (Phi) is 4.22. The van der Waals surface area contributed by atoms with Crippen LogP contribution in [-0.4, -0.2) is 31.7 Å². The number of carbonyl (C=O) groups excluding carboxylic acids is 1. The van der Waals surface area contributed by atoms with Crippen molar-refractivity contribution in [2.45, 2.75) is 33.3 Å². The van der Waals surface area contributed by atoms with Crippen molar-refractivity contribution in [2.75, 3.05) is 24.6 Å². The molecular formula is C15H22N2O2. The molecule has 1 unspecified atom stereocenters. The molecule has 104 valence electrons. The van der Waals surface area contributed by atoms with Crippen LogP contribution in [0.1, 0.15) is 23.1 Å². The average molecular weight is 262 g/mol. The Hall–Kier alpha value is -1.39. The van der Waals surface area contributed by atoms with Gasteiger partial charge in [-0.05, 0) is 44.9 Å². The van der Waals surface area contributed by atoms with Gasteiger partial charge in [0.1, 0.15) is 6.10 Å². The molecule has 0 radical (unpaired) electrons. The fourth-order valence-electron chi connectivity index (χ4n) is 2.82. The summed E-state index contributed by atoms with van der Waals surface area (Å²) in [5, 5.41) is 0. The fourth-order valence-corrected chi connectivity index (χ4v) is 2.82. The van der Waals surface area contributed by atoms with Crippen LogP contribution in [0.4, 0.5) is 5.69 Å². The molecule has 19 heavy (non-hydrogen) atoms. The monoisotopic (exact) mass is 262 g/mol. The lowest BCUT2D eigenvalue weighted by Crippen LogP contribution is -2.49. The number of rotatable bonds is 3. The van der Waals surface area contributed by atoms with Crippen molar-refractivity contribution >= 4 is 11.6 Å². The summed E-state index contributed by atoms with van der Waals surface area (Å²) < 4.78 is 5.51. The van der Waals surface area contributed by atoms with E-state index in [-0.39, 0.29) is 12.0 Å². The molecule has 0 aliphatic carbocycles. The lowest BCUT2D eigenvalue weighted by Gasteiger charge is -2.34. The molecule has 0 bridgehead atoms. The number of amides is 1. The third-order valence-corrected chi connectivity index (χ3v) is 3.51. The van der Waals surface area contributed by atoms with Crippen molar-refractivity contribution in [3.8, 4) is 0 Å². The number of morpholine rings is 1. The minimum atomic E-state index is -0.390. The van der Waals surface area contributed by atoms with E-state index in [1.807, 2.05) is 4.90 Å². The summed E-state index contributed by atoms with van der Waals surface area (Å²) in [5.41, 5.74) is 10.1. The maximum atomic E-state index is 12.5. The van der Waals surface area contributed by atoms with Crippen molar-refractivity contribution < 1.29 is 9.53 Å². The molecule has 0 aromatic heterocycles. The number of nitrogens with two attached hydrogens (primary N) is 1. The fraction of sp³-hybridized carbons (Fsp3) is 0.533. The van der Waals surface area contributed by atoms with Gasteiger partial charge >= 0.3 is 0 Å². The van der Waals surface area contributed by atoms with Gasteiger partial charge in [-0.15, -0.1) is 0 Å². The maximum Gasteiger partial charge on any atom is 0.256 e. The van der Waals surface area contributed by atoms with Crippen LogP contribution in [-0.2, 0) is 9.53 Å². The Labute approximate surface area is 114 Å². The van der Waals surface area contributed by atoms with Gasteiger partial charge in [0.25, 0.3) is 5.91 Å². The first-order valence-corrected chi connectivity index (χ1v) is 6.75. The quantitative estimate of drug-likeness (QED) is 0.902. The van der Waals surface area contributed by atoms with E-state index in [1.165, 1.54) is 5.56 Å². The minimum Gasteiger partial charge on any atom is -0.366 e. The van der Waals surface area contributed by atoms with Crippen molar-refractivity contribution in [2.24, 2.45) is 5.73 Å². The number of carbonyl (C=O) groups is 1. The molecular weight excluding hydrogens is 240 g/mol. The molecule has 0 saturated carbocycles. The Morgan fingerprint density at radius 1 is 1.32 bits per heavy atom. The summed E-state index contributed by atoms with van der Waals surface area (Å²) >= 11 is 0. The van der Waals surface area contributed by atoms with E-state index in [4.69, 9.17) is 10.5 Å². The number of aryl methyl sites for hydroxylation is 3. The van der Waals surface area contributed by atoms with Crippen LogP contribution >= 0.6 is 0 Å². The lowest BCUT2D eigenvalue weighted by molar-refractivity contribution is -0.134. The number of benzene rings is 1. The molecule has 0 spiro atoms. The second kappa shape index (κ2) is 5.72. The molecule has 1 aromatic rings. The minimum absolute atomic E-state index is 0.0340. The molecule has 1 fully saturated rings. The molecule has 1 atom stereocenters. The van der Waals surface area contributed by atoms with Gasteiger partial charge in [0, 0.05) is 12.2 Å². The number of anilines is 1. The number of ether oxygens (including phenoxy) is 1. The summed E-state index contributed by atoms with van der Waals surface area (Å²) in [7, 11) is 0. The van der Waals surface area contributed by atoms with E-state index in [1.54, 1.807) is 0 Å². The first-order chi connectivity index (χ1) is 9.04. The summed E-state index contributed by atoms with van der Waals surface area (Å²) in [6.07, 6.45) is 0.193. The van der Waals surface area contributed by atoms with Crippen LogP contribution in [0.5, 0.6) is 0 Å². The normalized spacial score (nSPS) is 19.9. The molecule has 2 N–H and O–H groups in total. The Balaban J connectivity index is 2.33. The van der Waals surface area contributed by atoms with Crippen LogP contribution in [0.2, 0.25) is 0 Å². The molecule has 1 amide bonds. The van der Waals surface area contributed by atoms with Gasteiger partial charge in [-0.2, -0.15) is 0 Å². The van der Waals surface area contributed by atoms with Crippen LogP contribution in [0.15, 0.2) is 12.1 Å². The number of nitrogens with zero attached hydrogens (tertiary/aromatic N) is 1. The standard InChI is InChI=1S/C15H22N2O2/c1-10-8-11(2)14(12(3)9-10)17-6-7-19-13(4-5-16)15(17)18/h8-9,13H,4-7,16H2,1-3H3. The summed E-state index contributed by atoms with van der Waals surface area (Å²) in [6.45, 7) is 7.83. The zero-order valence-electron chi connectivity index (χ0n) is 11.9. The molecule has 4 nitrogen and oxygen atoms in total. The largest absolute Gasteiger partial charge is 0.366 e. The number of hydrogen-bond donors (Lipinski definition) is 1. The van der Waals surface area contributed by atoms with Gasteiger partial charge in [-0.3, -0.25) is 4.79 Å². The van der Waals surface area contributed by atoms with E-state index in [0.717, 1.165) is 16.8 Å². The Morgan fingerprint density at radius 2 is 1.95 bits per heavy atom. The Morgan fingerprint density at radius 3 is 2.53 bits per heavy atom. The third-order valence-electron chi connectivity index (χ3n) is 3.51. The summed E-state index contributed by atoms with van der Waals surface area (Å²) in [5.74, 6) is 0.0340. The van der Waals surface area contributed by atoms with Gasteiger partial charge < -0.3 is 15.4 Å². The van der Waals surface area contributed by atoms with Gasteiger partial charge in [0.05, 0.1) is 6.61 Å². The van der Waals surface area contributed by atoms with Gasteiger partial charge in [0.15, 0.2) is 0 Å². The summed E-state index contributed by atoms with van der Waals surface area (Å²) in [4.78, 5) is 14.3. The van der Waals surface area contributed by atoms with E-state index in [9.17, 15) is 4.79 Å². The van der Waals surface area contributed by atoms with Crippen LogP contribution in [0, 0.1) is 20.8 Å². The van der Waals surface area contributed by atoms with Crippen molar-refractivity contribution in [3.05, 3.63) is 28.8 Å². The van der Waals surface area contributed by atoms with Gasteiger partial charge in [0.2, 0.25) is 0 Å². The van der Waals surface area contributed by atoms with Crippen LogP contribution in [0.25, 0.3) is 0 Å². The van der Waals surface area contributed by atoms with E-state index in [0.29, 0.717) is 26.1 Å². The predicted molar refractivity (Wildman–Crippen MR) is 76.4 cm³/mol. The first-order valence-electron chi connectivity index (χ1n) is 6.75. The topological polar surface area (TPSA) is 55.6 Å². The SMILES string of the molecule is Cc1cc(C)c(N2CCOC(CCN)C2=O)c(C)c1. The average Bonchev–Trinajstić information content (AvgIpc) is 2.32. The van der Waals surface area contributed by atoms with Crippen molar-refractivity contribution in [1.82, 2.24) is 0 Å². The predicted octanol–water partition coefficient (Wildman–Crippen LogP) is 1.69. The highest BCUT2D eigenvalue weighted by Crippen LogP contribution is 2.28. The van der Waals surface area contributed by atoms with E-state index < -0.39 is 0 Å². The van der Waals surface area contributed by atoms with Crippen LogP contribution in [0.3, 0.4) is 0 Å². The number of hydrogen-bond acceptors (Lipinski definition) is 3. The molecule has 1 aromatic carbocycles. The van der Waals surface area contributed by atoms with E-state index >= 15 is 0 Å². The van der Waals surface area contributed by atoms with Gasteiger partial charge in [-0.1, -0.05) is 17.7 Å². The molecule has 2 rings (SSSR count). The van der Waals surface area contributed by atoms with Crippen LogP contribution < -0.4 is 10.6 Å². The Bertz CT molecular complexity index is 460. The maximum absolute atomic E-state index is 12.5.